The molecule has 0 N–H and O–H groups in total. The van der Waals surface area contributed by atoms with Crippen molar-refractivity contribution in [1.29, 1.82) is 0 Å². The van der Waals surface area contributed by atoms with Crippen LogP contribution in [0, 0.1) is 6.42 Å². The lowest BCUT2D eigenvalue weighted by molar-refractivity contribution is -0.125. The monoisotopic (exact) mass is 255 g/mol. The maximum Gasteiger partial charge on any atom is 0.226 e. The normalized spacial score (nSPS) is 15.2. The summed E-state index contributed by atoms with van der Waals surface area (Å²) in [6.07, 6.45) is 6.15. The summed E-state index contributed by atoms with van der Waals surface area (Å²) in [6.45, 7) is 1.37. The summed E-state index contributed by atoms with van der Waals surface area (Å²) in [6, 6.07) is 6.00. The molecular weight excluding hydrogens is 240 g/mol. The quantitative estimate of drug-likeness (QED) is 0.844. The van der Waals surface area contributed by atoms with Gasteiger partial charge in [-0.25, -0.2) is 0 Å². The third-order valence-corrected chi connectivity index (χ3v) is 3.43. The Morgan fingerprint density at radius 1 is 1.37 bits per heavy atom. The summed E-state index contributed by atoms with van der Waals surface area (Å²) in [5, 5.41) is 2.16. The fourth-order valence-electron chi connectivity index (χ4n) is 2.42. The Hall–Kier alpha value is -2.10. The summed E-state index contributed by atoms with van der Waals surface area (Å²) in [4.78, 5) is 17.6. The van der Waals surface area contributed by atoms with E-state index in [9.17, 15) is 4.79 Å². The number of ether oxygens (including phenoxy) is 1. The first kappa shape index (κ1) is 12.0. The van der Waals surface area contributed by atoms with Gasteiger partial charge in [-0.1, -0.05) is 0 Å². The molecule has 1 aliphatic rings. The predicted octanol–water partition coefficient (Wildman–Crippen LogP) is 2.18. The molecule has 0 aliphatic carbocycles. The Kier molecular flexibility index (Phi) is 3.07. The van der Waals surface area contributed by atoms with Gasteiger partial charge in [0, 0.05) is 36.4 Å². The van der Waals surface area contributed by atoms with Crippen LogP contribution in [0.4, 0.5) is 0 Å². The molecule has 4 nitrogen and oxygen atoms in total. The van der Waals surface area contributed by atoms with E-state index in [-0.39, 0.29) is 5.91 Å². The molecule has 1 saturated heterocycles. The van der Waals surface area contributed by atoms with E-state index in [4.69, 9.17) is 4.74 Å². The first-order valence-electron chi connectivity index (χ1n) is 6.30. The highest BCUT2D eigenvalue weighted by Gasteiger charge is 2.21. The van der Waals surface area contributed by atoms with Crippen LogP contribution in [0.1, 0.15) is 12.0 Å². The van der Waals surface area contributed by atoms with Gasteiger partial charge in [0.25, 0.3) is 0 Å². The van der Waals surface area contributed by atoms with Crippen molar-refractivity contribution in [3.63, 3.8) is 0 Å². The zero-order valence-electron chi connectivity index (χ0n) is 10.8. The topological polar surface area (TPSA) is 42.4 Å². The molecule has 1 radical (unpaired) electrons. The highest BCUT2D eigenvalue weighted by atomic mass is 16.5. The Balaban J connectivity index is 1.99. The summed E-state index contributed by atoms with van der Waals surface area (Å²) >= 11 is 0. The largest absolute Gasteiger partial charge is 0.496 e. The Labute approximate surface area is 112 Å². The van der Waals surface area contributed by atoms with Crippen LogP contribution in [0.5, 0.6) is 5.75 Å². The molecule has 2 heterocycles. The molecule has 1 aromatic carbocycles. The zero-order chi connectivity index (χ0) is 13.2. The summed E-state index contributed by atoms with van der Waals surface area (Å²) in [5.74, 6) is 0.923. The molecule has 1 fully saturated rings. The van der Waals surface area contributed by atoms with Crippen LogP contribution in [0.15, 0.2) is 30.6 Å². The van der Waals surface area contributed by atoms with E-state index in [2.05, 4.69) is 4.98 Å². The number of carbonyl (C=O) groups excluding carboxylic acids is 1. The number of nitrogens with zero attached hydrogens (tertiary/aromatic N) is 2. The highest BCUT2D eigenvalue weighted by Crippen LogP contribution is 2.27. The van der Waals surface area contributed by atoms with Crippen LogP contribution < -0.4 is 4.74 Å². The fraction of sp³-hybridized carbons (Fsp3) is 0.267. The van der Waals surface area contributed by atoms with Gasteiger partial charge in [-0.05, 0) is 30.0 Å². The predicted molar refractivity (Wildman–Crippen MR) is 72.6 cm³/mol. The molecule has 2 aromatic rings. The number of benzene rings is 1. The van der Waals surface area contributed by atoms with Crippen LogP contribution in [-0.2, 0) is 11.3 Å². The second-order valence-electron chi connectivity index (χ2n) is 4.64. The molecular formula is C15H15N2O2. The van der Waals surface area contributed by atoms with E-state index in [1.807, 2.05) is 29.3 Å². The highest BCUT2D eigenvalue weighted by molar-refractivity contribution is 5.87. The number of hydrogen-bond acceptors (Lipinski definition) is 3. The van der Waals surface area contributed by atoms with Crippen molar-refractivity contribution >= 4 is 16.7 Å². The Bertz CT molecular complexity index is 625. The summed E-state index contributed by atoms with van der Waals surface area (Å²) < 4.78 is 5.43. The van der Waals surface area contributed by atoms with E-state index in [1.165, 1.54) is 0 Å². The molecule has 0 bridgehead atoms. The smallest absolute Gasteiger partial charge is 0.226 e. The minimum absolute atomic E-state index is 0.105. The summed E-state index contributed by atoms with van der Waals surface area (Å²) in [7, 11) is 1.66. The standard InChI is InChI=1S/C15H15N2O2/c1-19-14-8-11-4-5-16-9-12(11)7-13(14)10-17-6-2-3-15(17)18/h3-5,7-9H,2,6,10H2,1H3. The van der Waals surface area contributed by atoms with Crippen LogP contribution in [-0.4, -0.2) is 29.4 Å². The number of methoxy groups -OCH3 is 1. The lowest BCUT2D eigenvalue weighted by atomic mass is 10.1. The van der Waals surface area contributed by atoms with Gasteiger partial charge in [0.1, 0.15) is 5.75 Å². The number of amides is 1. The first-order chi connectivity index (χ1) is 9.28. The van der Waals surface area contributed by atoms with Crippen molar-refractivity contribution in [3.8, 4) is 5.75 Å². The Morgan fingerprint density at radius 3 is 3.00 bits per heavy atom. The van der Waals surface area contributed by atoms with Crippen molar-refractivity contribution < 1.29 is 9.53 Å². The van der Waals surface area contributed by atoms with Gasteiger partial charge in [0.15, 0.2) is 0 Å². The minimum atomic E-state index is 0.105. The zero-order valence-corrected chi connectivity index (χ0v) is 10.8. The number of carbonyl (C=O) groups is 1. The van der Waals surface area contributed by atoms with Crippen LogP contribution >= 0.6 is 0 Å². The average molecular weight is 255 g/mol. The second-order valence-corrected chi connectivity index (χ2v) is 4.64. The number of hydrogen-bond donors (Lipinski definition) is 0. The van der Waals surface area contributed by atoms with Crippen molar-refractivity contribution in [2.75, 3.05) is 13.7 Å². The third kappa shape index (κ3) is 2.26. The van der Waals surface area contributed by atoms with Gasteiger partial charge in [-0.2, -0.15) is 0 Å². The maximum atomic E-state index is 11.7. The van der Waals surface area contributed by atoms with Gasteiger partial charge in [-0.15, -0.1) is 0 Å². The molecule has 0 saturated carbocycles. The molecule has 1 aromatic heterocycles. The van der Waals surface area contributed by atoms with Gasteiger partial charge >= 0.3 is 0 Å². The number of fused-ring (bicyclic) bond motifs is 1. The molecule has 3 rings (SSSR count). The number of likely N-dealkylation sites (tertiary alicyclic amines) is 1. The second kappa shape index (κ2) is 4.88. The third-order valence-electron chi connectivity index (χ3n) is 3.43. The molecule has 19 heavy (non-hydrogen) atoms. The van der Waals surface area contributed by atoms with Gasteiger partial charge in [-0.3, -0.25) is 9.78 Å². The van der Waals surface area contributed by atoms with Crippen LogP contribution in [0.3, 0.4) is 0 Å². The first-order valence-corrected chi connectivity index (χ1v) is 6.30. The molecule has 0 unspecified atom stereocenters. The van der Waals surface area contributed by atoms with Crippen molar-refractivity contribution in [1.82, 2.24) is 9.88 Å². The number of rotatable bonds is 3. The van der Waals surface area contributed by atoms with Gasteiger partial charge in [0.2, 0.25) is 5.91 Å². The molecule has 1 aliphatic heterocycles. The van der Waals surface area contributed by atoms with E-state index in [0.29, 0.717) is 6.54 Å². The molecule has 1 amide bonds. The molecule has 97 valence electrons. The SMILES string of the molecule is COc1cc2ccncc2cc1CN1CC[CH]C1=O. The lowest BCUT2D eigenvalue weighted by Crippen LogP contribution is -2.24. The molecule has 0 atom stereocenters. The van der Waals surface area contributed by atoms with E-state index in [1.54, 1.807) is 19.7 Å². The van der Waals surface area contributed by atoms with Crippen LogP contribution in [0.2, 0.25) is 0 Å². The summed E-state index contributed by atoms with van der Waals surface area (Å²) in [5.41, 5.74) is 1.02. The van der Waals surface area contributed by atoms with Gasteiger partial charge in [0.05, 0.1) is 13.5 Å². The number of pyridine rings is 1. The van der Waals surface area contributed by atoms with Crippen molar-refractivity contribution in [2.45, 2.75) is 13.0 Å². The van der Waals surface area contributed by atoms with Crippen LogP contribution in [0.25, 0.3) is 10.8 Å². The maximum absolute atomic E-state index is 11.7. The van der Waals surface area contributed by atoms with Crippen molar-refractivity contribution in [2.24, 2.45) is 0 Å². The number of aromatic nitrogens is 1. The molecule has 0 spiro atoms. The Morgan fingerprint density at radius 2 is 2.26 bits per heavy atom. The van der Waals surface area contributed by atoms with E-state index in [0.717, 1.165) is 35.1 Å². The van der Waals surface area contributed by atoms with Gasteiger partial charge < -0.3 is 9.64 Å². The lowest BCUT2D eigenvalue weighted by Gasteiger charge is -2.18. The average Bonchev–Trinajstić information content (AvgIpc) is 2.83. The van der Waals surface area contributed by atoms with E-state index >= 15 is 0 Å². The van der Waals surface area contributed by atoms with E-state index < -0.39 is 0 Å². The van der Waals surface area contributed by atoms with Crippen molar-refractivity contribution in [3.05, 3.63) is 42.6 Å². The fourth-order valence-corrected chi connectivity index (χ4v) is 2.42. The minimum Gasteiger partial charge on any atom is -0.496 e. The molecule has 4 heteroatoms.